The van der Waals surface area contributed by atoms with Crippen LogP contribution in [-0.4, -0.2) is 10.8 Å². The van der Waals surface area contributed by atoms with E-state index in [4.69, 9.17) is 23.2 Å². The fraction of sp³-hybridized carbons (Fsp3) is 0.0714. The zero-order valence-corrected chi connectivity index (χ0v) is 12.3. The van der Waals surface area contributed by atoms with Gasteiger partial charge in [0.2, 0.25) is 0 Å². The first-order chi connectivity index (χ1) is 10.2. The van der Waals surface area contributed by atoms with Crippen molar-refractivity contribution >= 4 is 29.0 Å². The van der Waals surface area contributed by atoms with Gasteiger partial charge >= 0.3 is 0 Å². The molecule has 2 aromatic carbocycles. The van der Waals surface area contributed by atoms with Crippen molar-refractivity contribution in [3.8, 4) is 0 Å². The van der Waals surface area contributed by atoms with Crippen molar-refractivity contribution in [1.29, 1.82) is 0 Å². The Morgan fingerprint density at radius 3 is 2.57 bits per heavy atom. The Bertz CT molecular complexity index is 685. The third kappa shape index (κ3) is 2.81. The highest BCUT2D eigenvalue weighted by Gasteiger charge is 2.22. The number of hydrazone groups is 1. The molecule has 0 bridgehead atoms. The summed E-state index contributed by atoms with van der Waals surface area (Å²) in [5, 5.41) is 6.70. The van der Waals surface area contributed by atoms with Crippen molar-refractivity contribution in [2.24, 2.45) is 5.10 Å². The van der Waals surface area contributed by atoms with Crippen molar-refractivity contribution in [1.82, 2.24) is 16.1 Å². The van der Waals surface area contributed by atoms with E-state index in [-0.39, 0.29) is 12.4 Å². The van der Waals surface area contributed by atoms with Gasteiger partial charge in [-0.3, -0.25) is 5.01 Å². The fourth-order valence-corrected chi connectivity index (χ4v) is 2.50. The highest BCUT2D eigenvalue weighted by Crippen LogP contribution is 2.23. The van der Waals surface area contributed by atoms with Gasteiger partial charge in [-0.05, 0) is 24.3 Å². The van der Waals surface area contributed by atoms with E-state index in [9.17, 15) is 4.39 Å². The molecule has 2 N–H and O–H groups in total. The lowest BCUT2D eigenvalue weighted by molar-refractivity contribution is 0.284. The first kappa shape index (κ1) is 14.1. The Morgan fingerprint density at radius 1 is 1.05 bits per heavy atom. The van der Waals surface area contributed by atoms with Crippen LogP contribution in [0.15, 0.2) is 47.6 Å². The van der Waals surface area contributed by atoms with Crippen LogP contribution in [0.1, 0.15) is 11.1 Å². The standard InChI is InChI=1S/C14H11Cl2FN4/c15-11-5-2-1-4-9(11)14-18-19-20-21(14)8-10-12(16)6-3-7-13(10)17/h1-7,19-20H,8H2. The number of benzene rings is 2. The molecule has 0 radical (unpaired) electrons. The van der Waals surface area contributed by atoms with Crippen LogP contribution in [0.3, 0.4) is 0 Å². The van der Waals surface area contributed by atoms with E-state index >= 15 is 0 Å². The van der Waals surface area contributed by atoms with Gasteiger partial charge in [-0.2, -0.15) is 0 Å². The molecule has 0 atom stereocenters. The quantitative estimate of drug-likeness (QED) is 0.909. The number of hydrogen-bond acceptors (Lipinski definition) is 4. The first-order valence-electron chi connectivity index (χ1n) is 6.20. The summed E-state index contributed by atoms with van der Waals surface area (Å²) in [6, 6.07) is 11.9. The second-order valence-corrected chi connectivity index (χ2v) is 5.24. The van der Waals surface area contributed by atoms with E-state index in [0.717, 1.165) is 5.56 Å². The maximum Gasteiger partial charge on any atom is 0.174 e. The second-order valence-electron chi connectivity index (χ2n) is 4.43. The van der Waals surface area contributed by atoms with Gasteiger partial charge in [0, 0.05) is 16.1 Å². The molecule has 7 heteroatoms. The van der Waals surface area contributed by atoms with Crippen LogP contribution in [0.25, 0.3) is 0 Å². The van der Waals surface area contributed by atoms with Crippen LogP contribution in [0.5, 0.6) is 0 Å². The maximum atomic E-state index is 13.9. The third-order valence-electron chi connectivity index (χ3n) is 3.10. The van der Waals surface area contributed by atoms with Crippen LogP contribution < -0.4 is 11.1 Å². The number of hydrazine groups is 2. The summed E-state index contributed by atoms with van der Waals surface area (Å²) in [7, 11) is 0. The van der Waals surface area contributed by atoms with Gasteiger partial charge in [0.05, 0.1) is 11.6 Å². The number of rotatable bonds is 3. The molecule has 0 unspecified atom stereocenters. The molecule has 1 heterocycles. The Balaban J connectivity index is 1.90. The normalized spacial score (nSPS) is 14.0. The van der Waals surface area contributed by atoms with Crippen LogP contribution >= 0.6 is 23.2 Å². The Labute approximate surface area is 131 Å². The Hall–Kier alpha value is -1.82. The van der Waals surface area contributed by atoms with E-state index in [1.54, 1.807) is 23.2 Å². The smallest absolute Gasteiger partial charge is 0.174 e. The van der Waals surface area contributed by atoms with Crippen molar-refractivity contribution in [3.05, 3.63) is 69.5 Å². The average Bonchev–Trinajstić information content (AvgIpc) is 2.92. The predicted octanol–water partition coefficient (Wildman–Crippen LogP) is 3.32. The molecule has 0 saturated heterocycles. The van der Waals surface area contributed by atoms with Crippen LogP contribution in [0, 0.1) is 5.82 Å². The van der Waals surface area contributed by atoms with Gasteiger partial charge in [-0.1, -0.05) is 41.4 Å². The molecule has 0 amide bonds. The summed E-state index contributed by atoms with van der Waals surface area (Å²) in [6.07, 6.45) is 0. The molecule has 1 aliphatic heterocycles. The molecule has 3 rings (SSSR count). The highest BCUT2D eigenvalue weighted by atomic mass is 35.5. The molecular weight excluding hydrogens is 314 g/mol. The van der Waals surface area contributed by atoms with Crippen LogP contribution in [0.4, 0.5) is 4.39 Å². The summed E-state index contributed by atoms with van der Waals surface area (Å²) in [4.78, 5) is 0. The van der Waals surface area contributed by atoms with Crippen molar-refractivity contribution < 1.29 is 4.39 Å². The lowest BCUT2D eigenvalue weighted by Crippen LogP contribution is -2.40. The summed E-state index contributed by atoms with van der Waals surface area (Å²) in [5.41, 5.74) is 6.60. The fourth-order valence-electron chi connectivity index (χ4n) is 2.06. The molecule has 1 aliphatic rings. The third-order valence-corrected chi connectivity index (χ3v) is 3.78. The van der Waals surface area contributed by atoms with Crippen molar-refractivity contribution in [3.63, 3.8) is 0 Å². The minimum atomic E-state index is -0.366. The van der Waals surface area contributed by atoms with Gasteiger partial charge < -0.3 is 0 Å². The molecule has 0 fully saturated rings. The van der Waals surface area contributed by atoms with E-state index < -0.39 is 0 Å². The number of amidine groups is 1. The van der Waals surface area contributed by atoms with E-state index in [2.05, 4.69) is 16.2 Å². The lowest BCUT2D eigenvalue weighted by Gasteiger charge is -2.20. The minimum absolute atomic E-state index is 0.211. The van der Waals surface area contributed by atoms with E-state index in [1.807, 2.05) is 18.2 Å². The number of nitrogens with zero attached hydrogens (tertiary/aromatic N) is 2. The van der Waals surface area contributed by atoms with Gasteiger partial charge in [0.15, 0.2) is 5.84 Å². The van der Waals surface area contributed by atoms with Crippen LogP contribution in [0.2, 0.25) is 10.0 Å². The molecule has 4 nitrogen and oxygen atoms in total. The maximum absolute atomic E-state index is 13.9. The summed E-state index contributed by atoms with van der Waals surface area (Å²) >= 11 is 12.2. The van der Waals surface area contributed by atoms with Gasteiger partial charge in [0.25, 0.3) is 0 Å². The highest BCUT2D eigenvalue weighted by molar-refractivity contribution is 6.34. The molecule has 0 saturated carbocycles. The van der Waals surface area contributed by atoms with Gasteiger partial charge in [-0.25, -0.2) is 9.93 Å². The number of hydrogen-bond donors (Lipinski definition) is 2. The summed E-state index contributed by atoms with van der Waals surface area (Å²) in [5.74, 6) is 0.203. The van der Waals surface area contributed by atoms with Gasteiger partial charge in [-0.15, -0.1) is 10.6 Å². The minimum Gasteiger partial charge on any atom is -0.266 e. The predicted molar refractivity (Wildman–Crippen MR) is 81.2 cm³/mol. The Morgan fingerprint density at radius 2 is 1.81 bits per heavy atom. The van der Waals surface area contributed by atoms with E-state index in [0.29, 0.717) is 21.4 Å². The zero-order valence-electron chi connectivity index (χ0n) is 10.8. The topological polar surface area (TPSA) is 39.7 Å². The molecule has 21 heavy (non-hydrogen) atoms. The van der Waals surface area contributed by atoms with Crippen molar-refractivity contribution in [2.45, 2.75) is 6.54 Å². The second kappa shape index (κ2) is 5.89. The van der Waals surface area contributed by atoms with Crippen molar-refractivity contribution in [2.75, 3.05) is 0 Å². The lowest BCUT2D eigenvalue weighted by atomic mass is 10.1. The summed E-state index contributed by atoms with van der Waals surface area (Å²) < 4.78 is 13.9. The number of halogens is 3. The summed E-state index contributed by atoms with van der Waals surface area (Å²) in [6.45, 7) is 0.211. The van der Waals surface area contributed by atoms with Crippen LogP contribution in [-0.2, 0) is 6.54 Å². The molecule has 0 aromatic heterocycles. The molecule has 2 aromatic rings. The molecule has 108 valence electrons. The molecular formula is C14H11Cl2FN4. The Kier molecular flexibility index (Phi) is 3.96. The largest absolute Gasteiger partial charge is 0.266 e. The molecule has 0 spiro atoms. The zero-order chi connectivity index (χ0) is 14.8. The SMILES string of the molecule is Fc1cccc(Cl)c1CN1NNN=C1c1ccccc1Cl. The molecule has 0 aliphatic carbocycles. The number of nitrogens with one attached hydrogen (secondary N) is 2. The van der Waals surface area contributed by atoms with Gasteiger partial charge in [0.1, 0.15) is 5.82 Å². The first-order valence-corrected chi connectivity index (χ1v) is 6.96. The van der Waals surface area contributed by atoms with E-state index in [1.165, 1.54) is 6.07 Å². The average molecular weight is 325 g/mol. The monoisotopic (exact) mass is 324 g/mol.